The third-order valence-electron chi connectivity index (χ3n) is 5.56. The summed E-state index contributed by atoms with van der Waals surface area (Å²) in [6.45, 7) is 5.46. The van der Waals surface area contributed by atoms with Crippen molar-refractivity contribution in [2.24, 2.45) is 0 Å². The number of aryl methyl sites for hydroxylation is 3. The second kappa shape index (κ2) is 8.39. The number of hydrogen-bond acceptors (Lipinski definition) is 6. The molecule has 1 atom stereocenters. The molecule has 1 aliphatic heterocycles. The van der Waals surface area contributed by atoms with Gasteiger partial charge in [-0.3, -0.25) is 4.79 Å². The quantitative estimate of drug-likeness (QED) is 0.576. The molecule has 1 fully saturated rings. The molecule has 3 aromatic rings. The van der Waals surface area contributed by atoms with Gasteiger partial charge in [0.15, 0.2) is 0 Å². The number of carbonyl (C=O) groups excluding carboxylic acids is 1. The molecular weight excluding hydrogens is 380 g/mol. The summed E-state index contributed by atoms with van der Waals surface area (Å²) in [5.41, 5.74) is 2.99. The second-order valence-electron chi connectivity index (χ2n) is 8.25. The van der Waals surface area contributed by atoms with E-state index in [0.717, 1.165) is 41.3 Å². The second-order valence-corrected chi connectivity index (χ2v) is 8.25. The molecule has 0 radical (unpaired) electrons. The Morgan fingerprint density at radius 3 is 3.00 bits per heavy atom. The van der Waals surface area contributed by atoms with E-state index in [4.69, 9.17) is 0 Å². The van der Waals surface area contributed by atoms with Crippen molar-refractivity contribution in [1.29, 1.82) is 0 Å². The van der Waals surface area contributed by atoms with E-state index in [9.17, 15) is 9.90 Å². The smallest absolute Gasteiger partial charge is 0.220 e. The normalized spacial score (nSPS) is 19.2. The Hall–Kier alpha value is -3.00. The zero-order valence-corrected chi connectivity index (χ0v) is 17.5. The number of amides is 1. The zero-order valence-electron chi connectivity index (χ0n) is 17.5. The van der Waals surface area contributed by atoms with Gasteiger partial charge in [0.2, 0.25) is 5.91 Å². The fraction of sp³-hybridized carbons (Fsp3) is 0.455. The van der Waals surface area contributed by atoms with Crippen LogP contribution in [-0.2, 0) is 11.2 Å². The van der Waals surface area contributed by atoms with Crippen LogP contribution < -0.4 is 10.2 Å². The standard InChI is InChI=1S/C22H28N6O2/c1-15-4-5-17-18(10-15)27-19(26-17)6-7-21(29)23-12-22(30)8-3-9-28(13-22)20-11-16(2)24-14-25-20/h4-5,10-11,14,30H,3,6-9,12-13H2,1-2H3,(H,23,29)(H,26,27). The molecule has 1 unspecified atom stereocenters. The first-order valence-electron chi connectivity index (χ1n) is 10.4. The topological polar surface area (TPSA) is 107 Å². The highest BCUT2D eigenvalue weighted by atomic mass is 16.3. The number of aromatic nitrogens is 4. The molecule has 2 aromatic heterocycles. The molecule has 0 bridgehead atoms. The summed E-state index contributed by atoms with van der Waals surface area (Å²) < 4.78 is 0. The lowest BCUT2D eigenvalue weighted by Crippen LogP contribution is -2.54. The van der Waals surface area contributed by atoms with Gasteiger partial charge < -0.3 is 20.3 Å². The van der Waals surface area contributed by atoms with Crippen molar-refractivity contribution >= 4 is 22.8 Å². The number of imidazole rings is 1. The Morgan fingerprint density at radius 2 is 2.17 bits per heavy atom. The predicted octanol–water partition coefficient (Wildman–Crippen LogP) is 2.05. The number of β-amino-alcohol motifs (C(OH)–C–C–N with tert-alkyl or cyclic N) is 1. The van der Waals surface area contributed by atoms with E-state index in [0.29, 0.717) is 25.8 Å². The monoisotopic (exact) mass is 408 g/mol. The maximum Gasteiger partial charge on any atom is 0.220 e. The Bertz CT molecular complexity index is 1050. The molecule has 3 heterocycles. The number of fused-ring (bicyclic) bond motifs is 1. The van der Waals surface area contributed by atoms with E-state index < -0.39 is 5.60 Å². The molecular formula is C22H28N6O2. The molecule has 30 heavy (non-hydrogen) atoms. The van der Waals surface area contributed by atoms with Crippen LogP contribution in [0.3, 0.4) is 0 Å². The van der Waals surface area contributed by atoms with E-state index in [-0.39, 0.29) is 12.5 Å². The molecule has 158 valence electrons. The number of nitrogens with one attached hydrogen (secondary N) is 2. The Morgan fingerprint density at radius 1 is 1.30 bits per heavy atom. The van der Waals surface area contributed by atoms with Gasteiger partial charge in [-0.1, -0.05) is 6.07 Å². The van der Waals surface area contributed by atoms with Crippen LogP contribution in [-0.4, -0.2) is 56.2 Å². The molecule has 4 rings (SSSR count). The van der Waals surface area contributed by atoms with Gasteiger partial charge in [-0.15, -0.1) is 0 Å². The Labute approximate surface area is 175 Å². The number of nitrogens with zero attached hydrogens (tertiary/aromatic N) is 4. The summed E-state index contributed by atoms with van der Waals surface area (Å²) in [4.78, 5) is 30.7. The summed E-state index contributed by atoms with van der Waals surface area (Å²) in [6, 6.07) is 7.97. The summed E-state index contributed by atoms with van der Waals surface area (Å²) >= 11 is 0. The van der Waals surface area contributed by atoms with E-state index >= 15 is 0 Å². The van der Waals surface area contributed by atoms with Crippen LogP contribution in [0.15, 0.2) is 30.6 Å². The van der Waals surface area contributed by atoms with Crippen molar-refractivity contribution in [3.63, 3.8) is 0 Å². The largest absolute Gasteiger partial charge is 0.386 e. The molecule has 8 heteroatoms. The molecule has 0 aliphatic carbocycles. The maximum atomic E-state index is 12.4. The first kappa shape index (κ1) is 20.3. The van der Waals surface area contributed by atoms with Gasteiger partial charge in [0.05, 0.1) is 16.6 Å². The van der Waals surface area contributed by atoms with Crippen LogP contribution >= 0.6 is 0 Å². The fourth-order valence-electron chi connectivity index (χ4n) is 3.94. The van der Waals surface area contributed by atoms with Gasteiger partial charge in [0.1, 0.15) is 18.0 Å². The molecule has 1 aliphatic rings. The number of anilines is 1. The first-order chi connectivity index (χ1) is 14.4. The maximum absolute atomic E-state index is 12.4. The molecule has 0 saturated carbocycles. The van der Waals surface area contributed by atoms with Crippen molar-refractivity contribution in [2.75, 3.05) is 24.5 Å². The summed E-state index contributed by atoms with van der Waals surface area (Å²) in [7, 11) is 0. The lowest BCUT2D eigenvalue weighted by atomic mass is 9.92. The molecule has 1 saturated heterocycles. The minimum atomic E-state index is -0.969. The summed E-state index contributed by atoms with van der Waals surface area (Å²) in [6.07, 6.45) is 3.89. The van der Waals surface area contributed by atoms with Crippen LogP contribution in [0.1, 0.15) is 36.3 Å². The lowest BCUT2D eigenvalue weighted by Gasteiger charge is -2.39. The molecule has 8 nitrogen and oxygen atoms in total. The third-order valence-corrected chi connectivity index (χ3v) is 5.56. The SMILES string of the molecule is Cc1ccc2nc(CCC(=O)NCC3(O)CCCN(c4cc(C)ncn4)C3)[nH]c2c1. The Balaban J connectivity index is 1.30. The van der Waals surface area contributed by atoms with E-state index in [1.165, 1.54) is 5.56 Å². The third kappa shape index (κ3) is 4.76. The van der Waals surface area contributed by atoms with Crippen LogP contribution in [0, 0.1) is 13.8 Å². The number of aromatic amines is 1. The summed E-state index contributed by atoms with van der Waals surface area (Å²) in [5, 5.41) is 13.9. The lowest BCUT2D eigenvalue weighted by molar-refractivity contribution is -0.122. The minimum Gasteiger partial charge on any atom is -0.386 e. The van der Waals surface area contributed by atoms with Crippen molar-refractivity contribution in [3.05, 3.63) is 47.7 Å². The number of aliphatic hydroxyl groups is 1. The van der Waals surface area contributed by atoms with E-state index in [2.05, 4.69) is 36.2 Å². The predicted molar refractivity (Wildman–Crippen MR) is 115 cm³/mol. The van der Waals surface area contributed by atoms with Crippen LogP contribution in [0.4, 0.5) is 5.82 Å². The van der Waals surface area contributed by atoms with Crippen molar-refractivity contribution < 1.29 is 9.90 Å². The van der Waals surface area contributed by atoms with Gasteiger partial charge >= 0.3 is 0 Å². The van der Waals surface area contributed by atoms with Crippen molar-refractivity contribution in [1.82, 2.24) is 25.3 Å². The van der Waals surface area contributed by atoms with Crippen molar-refractivity contribution in [3.8, 4) is 0 Å². The zero-order chi connectivity index (χ0) is 21.1. The number of hydrogen-bond donors (Lipinski definition) is 3. The van der Waals surface area contributed by atoms with Crippen LogP contribution in [0.5, 0.6) is 0 Å². The average Bonchev–Trinajstić information content (AvgIpc) is 3.13. The van der Waals surface area contributed by atoms with Gasteiger partial charge in [-0.2, -0.15) is 0 Å². The number of benzene rings is 1. The van der Waals surface area contributed by atoms with Gasteiger partial charge in [-0.25, -0.2) is 15.0 Å². The number of H-pyrrole nitrogens is 1. The minimum absolute atomic E-state index is 0.0879. The average molecular weight is 409 g/mol. The highest BCUT2D eigenvalue weighted by molar-refractivity contribution is 5.77. The molecule has 1 amide bonds. The number of piperidine rings is 1. The Kier molecular flexibility index (Phi) is 5.67. The van der Waals surface area contributed by atoms with Crippen LogP contribution in [0.2, 0.25) is 0 Å². The highest BCUT2D eigenvalue weighted by Crippen LogP contribution is 2.24. The van der Waals surface area contributed by atoms with E-state index in [1.54, 1.807) is 6.33 Å². The molecule has 1 aromatic carbocycles. The highest BCUT2D eigenvalue weighted by Gasteiger charge is 2.34. The number of rotatable bonds is 6. The first-order valence-corrected chi connectivity index (χ1v) is 10.4. The van der Waals surface area contributed by atoms with Gasteiger partial charge in [0, 0.05) is 44.2 Å². The van der Waals surface area contributed by atoms with E-state index in [1.807, 2.05) is 32.0 Å². The molecule has 0 spiro atoms. The van der Waals surface area contributed by atoms with Gasteiger partial charge in [-0.05, 0) is 44.4 Å². The fourth-order valence-corrected chi connectivity index (χ4v) is 3.94. The van der Waals surface area contributed by atoms with Gasteiger partial charge in [0.25, 0.3) is 0 Å². The van der Waals surface area contributed by atoms with Crippen molar-refractivity contribution in [2.45, 2.75) is 45.1 Å². The van der Waals surface area contributed by atoms with Crippen LogP contribution in [0.25, 0.3) is 11.0 Å². The molecule has 3 N–H and O–H groups in total. The summed E-state index contributed by atoms with van der Waals surface area (Å²) in [5.74, 6) is 1.52. The number of carbonyl (C=O) groups is 1.